The van der Waals surface area contributed by atoms with E-state index in [9.17, 15) is 9.59 Å². The molecule has 0 aliphatic heterocycles. The van der Waals surface area contributed by atoms with Gasteiger partial charge in [0.25, 0.3) is 0 Å². The Morgan fingerprint density at radius 2 is 1.84 bits per heavy atom. The number of nitrogens with one attached hydrogen (secondary N) is 1. The molecule has 1 N–H and O–H groups in total. The van der Waals surface area contributed by atoms with Crippen LogP contribution in [0.5, 0.6) is 0 Å². The highest BCUT2D eigenvalue weighted by Crippen LogP contribution is 2.20. The number of esters is 1. The van der Waals surface area contributed by atoms with Crippen LogP contribution in [0.4, 0.5) is 4.79 Å². The van der Waals surface area contributed by atoms with E-state index in [0.29, 0.717) is 6.42 Å². The SMILES string of the molecule is COC(=O)[C@H](Cc1ccc(-c2ccco2)cc1)NC(=O)OC(C)(C)C. The van der Waals surface area contributed by atoms with Crippen molar-refractivity contribution in [3.05, 3.63) is 48.2 Å². The van der Waals surface area contributed by atoms with Crippen molar-refractivity contribution in [1.82, 2.24) is 5.32 Å². The van der Waals surface area contributed by atoms with Crippen molar-refractivity contribution in [2.24, 2.45) is 0 Å². The molecule has 0 aliphatic rings. The molecule has 0 saturated carbocycles. The summed E-state index contributed by atoms with van der Waals surface area (Å²) in [6.45, 7) is 5.27. The summed E-state index contributed by atoms with van der Waals surface area (Å²) in [5, 5.41) is 2.56. The Morgan fingerprint density at radius 1 is 1.16 bits per heavy atom. The van der Waals surface area contributed by atoms with Gasteiger partial charge in [-0.15, -0.1) is 0 Å². The molecule has 0 saturated heterocycles. The van der Waals surface area contributed by atoms with Gasteiger partial charge in [-0.25, -0.2) is 9.59 Å². The third-order valence-corrected chi connectivity index (χ3v) is 3.38. The molecule has 0 aliphatic carbocycles. The maximum absolute atomic E-state index is 12.0. The normalized spacial score (nSPS) is 12.3. The molecule has 0 radical (unpaired) electrons. The van der Waals surface area contributed by atoms with Gasteiger partial charge in [-0.3, -0.25) is 0 Å². The van der Waals surface area contributed by atoms with E-state index in [1.54, 1.807) is 27.0 Å². The number of benzene rings is 1. The van der Waals surface area contributed by atoms with E-state index in [2.05, 4.69) is 5.32 Å². The van der Waals surface area contributed by atoms with E-state index < -0.39 is 23.7 Å². The van der Waals surface area contributed by atoms with Crippen molar-refractivity contribution < 1.29 is 23.5 Å². The Labute approximate surface area is 147 Å². The largest absolute Gasteiger partial charge is 0.467 e. The van der Waals surface area contributed by atoms with Gasteiger partial charge in [0.15, 0.2) is 0 Å². The molecule has 6 heteroatoms. The molecule has 0 unspecified atom stereocenters. The van der Waals surface area contributed by atoms with Crippen molar-refractivity contribution >= 4 is 12.1 Å². The lowest BCUT2D eigenvalue weighted by Crippen LogP contribution is -2.45. The minimum Gasteiger partial charge on any atom is -0.467 e. The fourth-order valence-electron chi connectivity index (χ4n) is 2.27. The summed E-state index contributed by atoms with van der Waals surface area (Å²) >= 11 is 0. The topological polar surface area (TPSA) is 77.8 Å². The highest BCUT2D eigenvalue weighted by molar-refractivity contribution is 5.81. The van der Waals surface area contributed by atoms with Crippen LogP contribution < -0.4 is 5.32 Å². The Balaban J connectivity index is 2.06. The molecule has 2 rings (SSSR count). The maximum atomic E-state index is 12.0. The Kier molecular flexibility index (Phi) is 5.85. The predicted octanol–water partition coefficient (Wildman–Crippen LogP) is 3.56. The summed E-state index contributed by atoms with van der Waals surface area (Å²) in [6, 6.07) is 10.4. The number of furan rings is 1. The summed E-state index contributed by atoms with van der Waals surface area (Å²) in [5.74, 6) is 0.240. The van der Waals surface area contributed by atoms with Gasteiger partial charge in [0.2, 0.25) is 0 Å². The molecule has 2 aromatic rings. The zero-order valence-electron chi connectivity index (χ0n) is 14.9. The fraction of sp³-hybridized carbons (Fsp3) is 0.368. The molecule has 1 atom stereocenters. The average molecular weight is 345 g/mol. The minimum atomic E-state index is -0.825. The molecule has 1 aromatic heterocycles. The number of amides is 1. The monoisotopic (exact) mass is 345 g/mol. The lowest BCUT2D eigenvalue weighted by molar-refractivity contribution is -0.143. The minimum absolute atomic E-state index is 0.296. The van der Waals surface area contributed by atoms with Crippen LogP contribution in [-0.4, -0.2) is 30.8 Å². The van der Waals surface area contributed by atoms with Crippen molar-refractivity contribution in [2.45, 2.75) is 38.8 Å². The molecule has 1 heterocycles. The second-order valence-corrected chi connectivity index (χ2v) is 6.60. The molecule has 1 amide bonds. The Morgan fingerprint density at radius 3 is 2.36 bits per heavy atom. The molecule has 0 spiro atoms. The van der Waals surface area contributed by atoms with Gasteiger partial charge in [0, 0.05) is 12.0 Å². The van der Waals surface area contributed by atoms with E-state index in [-0.39, 0.29) is 0 Å². The molecule has 134 valence electrons. The first-order valence-electron chi connectivity index (χ1n) is 7.98. The van der Waals surface area contributed by atoms with Gasteiger partial charge in [-0.2, -0.15) is 0 Å². The van der Waals surface area contributed by atoms with Gasteiger partial charge in [-0.05, 0) is 38.5 Å². The summed E-state index contributed by atoms with van der Waals surface area (Å²) in [7, 11) is 1.28. The molecule has 0 bridgehead atoms. The van der Waals surface area contributed by atoms with Gasteiger partial charge >= 0.3 is 12.1 Å². The van der Waals surface area contributed by atoms with E-state index in [4.69, 9.17) is 13.9 Å². The number of carbonyl (C=O) groups is 2. The van der Waals surface area contributed by atoms with Gasteiger partial charge in [-0.1, -0.05) is 24.3 Å². The number of hydrogen-bond donors (Lipinski definition) is 1. The molecular formula is C19H23NO5. The third-order valence-electron chi connectivity index (χ3n) is 3.38. The van der Waals surface area contributed by atoms with Crippen molar-refractivity contribution in [3.63, 3.8) is 0 Å². The lowest BCUT2D eigenvalue weighted by Gasteiger charge is -2.22. The first kappa shape index (κ1) is 18.6. The van der Waals surface area contributed by atoms with Crippen molar-refractivity contribution in [1.29, 1.82) is 0 Å². The predicted molar refractivity (Wildman–Crippen MR) is 93.0 cm³/mol. The van der Waals surface area contributed by atoms with Crippen LogP contribution in [-0.2, 0) is 20.7 Å². The van der Waals surface area contributed by atoms with Crippen LogP contribution in [0.15, 0.2) is 47.1 Å². The van der Waals surface area contributed by atoms with E-state index in [0.717, 1.165) is 16.9 Å². The zero-order valence-corrected chi connectivity index (χ0v) is 14.9. The summed E-state index contributed by atoms with van der Waals surface area (Å²) < 4.78 is 15.3. The van der Waals surface area contributed by atoms with Crippen LogP contribution in [0.3, 0.4) is 0 Å². The zero-order chi connectivity index (χ0) is 18.4. The first-order chi connectivity index (χ1) is 11.8. The quantitative estimate of drug-likeness (QED) is 0.839. The number of hydrogen-bond acceptors (Lipinski definition) is 5. The smallest absolute Gasteiger partial charge is 0.408 e. The van der Waals surface area contributed by atoms with Gasteiger partial charge in [0.1, 0.15) is 17.4 Å². The third kappa shape index (κ3) is 5.67. The second kappa shape index (κ2) is 7.88. The highest BCUT2D eigenvalue weighted by atomic mass is 16.6. The van der Waals surface area contributed by atoms with Crippen LogP contribution in [0.25, 0.3) is 11.3 Å². The summed E-state index contributed by atoms with van der Waals surface area (Å²) in [6.07, 6.45) is 1.25. The van der Waals surface area contributed by atoms with Gasteiger partial charge in [0.05, 0.1) is 13.4 Å². The molecule has 0 fully saturated rings. The van der Waals surface area contributed by atoms with Crippen LogP contribution in [0.2, 0.25) is 0 Å². The fourth-order valence-corrected chi connectivity index (χ4v) is 2.27. The number of carbonyl (C=O) groups excluding carboxylic acids is 2. The summed E-state index contributed by atoms with van der Waals surface area (Å²) in [5.41, 5.74) is 1.17. The lowest BCUT2D eigenvalue weighted by atomic mass is 10.0. The van der Waals surface area contributed by atoms with E-state index >= 15 is 0 Å². The van der Waals surface area contributed by atoms with Crippen LogP contribution in [0, 0.1) is 0 Å². The number of methoxy groups -OCH3 is 1. The molecule has 25 heavy (non-hydrogen) atoms. The summed E-state index contributed by atoms with van der Waals surface area (Å²) in [4.78, 5) is 23.9. The Bertz CT molecular complexity index is 698. The van der Waals surface area contributed by atoms with Gasteiger partial charge < -0.3 is 19.2 Å². The number of alkyl carbamates (subject to hydrolysis) is 1. The average Bonchev–Trinajstić information content (AvgIpc) is 3.07. The van der Waals surface area contributed by atoms with E-state index in [1.165, 1.54) is 7.11 Å². The highest BCUT2D eigenvalue weighted by Gasteiger charge is 2.25. The van der Waals surface area contributed by atoms with Crippen molar-refractivity contribution in [2.75, 3.05) is 7.11 Å². The molecule has 1 aromatic carbocycles. The van der Waals surface area contributed by atoms with Crippen LogP contribution >= 0.6 is 0 Å². The van der Waals surface area contributed by atoms with E-state index in [1.807, 2.05) is 36.4 Å². The maximum Gasteiger partial charge on any atom is 0.408 e. The number of rotatable bonds is 5. The molecule has 6 nitrogen and oxygen atoms in total. The second-order valence-electron chi connectivity index (χ2n) is 6.60. The van der Waals surface area contributed by atoms with Crippen molar-refractivity contribution in [3.8, 4) is 11.3 Å². The first-order valence-corrected chi connectivity index (χ1v) is 7.98. The standard InChI is InChI=1S/C19H23NO5/c1-19(2,3)25-18(22)20-15(17(21)23-4)12-13-7-9-14(10-8-13)16-6-5-11-24-16/h5-11,15H,12H2,1-4H3,(H,20,22)/t15-/m0/s1. The van der Waals surface area contributed by atoms with Crippen LogP contribution in [0.1, 0.15) is 26.3 Å². The number of ether oxygens (including phenoxy) is 2. The Hall–Kier alpha value is -2.76. The molecular weight excluding hydrogens is 322 g/mol.